The molecular formula is C9H12N2O3. The summed E-state index contributed by atoms with van der Waals surface area (Å²) < 4.78 is 4.81. The molecule has 2 rings (SSSR count). The minimum absolute atomic E-state index is 0.225. The summed E-state index contributed by atoms with van der Waals surface area (Å²) in [6, 6.07) is 0. The van der Waals surface area contributed by atoms with Gasteiger partial charge in [-0.25, -0.2) is 4.79 Å². The molecule has 0 unspecified atom stereocenters. The highest BCUT2D eigenvalue weighted by molar-refractivity contribution is 6.07. The van der Waals surface area contributed by atoms with Gasteiger partial charge in [0.2, 0.25) is 0 Å². The van der Waals surface area contributed by atoms with E-state index in [9.17, 15) is 9.59 Å². The fraction of sp³-hybridized carbons (Fsp3) is 0.556. The van der Waals surface area contributed by atoms with Gasteiger partial charge in [0.25, 0.3) is 5.91 Å². The van der Waals surface area contributed by atoms with E-state index in [0.717, 1.165) is 31.5 Å². The Balaban J connectivity index is 2.15. The SMILES string of the molecule is CN1CCC(=C2OC(=O)NC2=O)CC1. The van der Waals surface area contributed by atoms with E-state index >= 15 is 0 Å². The second-order valence-electron chi connectivity index (χ2n) is 3.58. The first-order valence-corrected chi connectivity index (χ1v) is 4.60. The van der Waals surface area contributed by atoms with Crippen molar-refractivity contribution < 1.29 is 14.3 Å². The van der Waals surface area contributed by atoms with Crippen molar-refractivity contribution >= 4 is 12.0 Å². The van der Waals surface area contributed by atoms with Crippen LogP contribution in [-0.4, -0.2) is 37.0 Å². The maximum Gasteiger partial charge on any atom is 0.419 e. The van der Waals surface area contributed by atoms with Crippen LogP contribution < -0.4 is 5.32 Å². The number of carbonyl (C=O) groups excluding carboxylic acids is 2. The van der Waals surface area contributed by atoms with Gasteiger partial charge < -0.3 is 9.64 Å². The summed E-state index contributed by atoms with van der Waals surface area (Å²) in [5.74, 6) is -0.169. The predicted molar refractivity (Wildman–Crippen MR) is 48.4 cm³/mol. The lowest BCUT2D eigenvalue weighted by Gasteiger charge is -2.24. The first-order chi connectivity index (χ1) is 6.66. The number of piperidine rings is 1. The number of hydrogen-bond donors (Lipinski definition) is 1. The zero-order valence-corrected chi connectivity index (χ0v) is 8.00. The first kappa shape index (κ1) is 9.21. The van der Waals surface area contributed by atoms with E-state index in [1.54, 1.807) is 0 Å². The van der Waals surface area contributed by atoms with Gasteiger partial charge in [0.15, 0.2) is 5.76 Å². The van der Waals surface area contributed by atoms with Gasteiger partial charge in [-0.15, -0.1) is 0 Å². The zero-order valence-electron chi connectivity index (χ0n) is 8.00. The van der Waals surface area contributed by atoms with Crippen molar-refractivity contribution in [1.29, 1.82) is 0 Å². The molecule has 14 heavy (non-hydrogen) atoms. The Morgan fingerprint density at radius 1 is 1.29 bits per heavy atom. The highest BCUT2D eigenvalue weighted by Crippen LogP contribution is 2.22. The minimum Gasteiger partial charge on any atom is -0.404 e. The maximum atomic E-state index is 11.2. The number of likely N-dealkylation sites (tertiary alicyclic amines) is 1. The Bertz CT molecular complexity index is 312. The molecule has 76 valence electrons. The van der Waals surface area contributed by atoms with Gasteiger partial charge in [0, 0.05) is 13.1 Å². The lowest BCUT2D eigenvalue weighted by molar-refractivity contribution is -0.116. The van der Waals surface area contributed by atoms with Crippen molar-refractivity contribution in [3.63, 3.8) is 0 Å². The van der Waals surface area contributed by atoms with Crippen molar-refractivity contribution in [2.75, 3.05) is 20.1 Å². The van der Waals surface area contributed by atoms with Gasteiger partial charge >= 0.3 is 6.09 Å². The molecule has 0 radical (unpaired) electrons. The molecule has 2 amide bonds. The predicted octanol–water partition coefficient (Wildman–Crippen LogP) is 0.232. The van der Waals surface area contributed by atoms with Crippen LogP contribution in [0.2, 0.25) is 0 Å². The van der Waals surface area contributed by atoms with E-state index in [1.165, 1.54) is 0 Å². The molecule has 2 heterocycles. The summed E-state index contributed by atoms with van der Waals surface area (Å²) in [6.45, 7) is 1.81. The van der Waals surface area contributed by atoms with E-state index < -0.39 is 12.0 Å². The smallest absolute Gasteiger partial charge is 0.404 e. The number of nitrogens with zero attached hydrogens (tertiary/aromatic N) is 1. The molecule has 0 bridgehead atoms. The molecule has 0 saturated carbocycles. The Morgan fingerprint density at radius 2 is 1.93 bits per heavy atom. The molecule has 2 aliphatic rings. The number of imide groups is 1. The minimum atomic E-state index is -0.656. The summed E-state index contributed by atoms with van der Waals surface area (Å²) in [7, 11) is 2.03. The van der Waals surface area contributed by atoms with Crippen LogP contribution in [0.15, 0.2) is 11.3 Å². The number of alkyl carbamates (subject to hydrolysis) is 1. The summed E-state index contributed by atoms with van der Waals surface area (Å²) in [5, 5.41) is 2.10. The Labute approximate surface area is 81.7 Å². The summed E-state index contributed by atoms with van der Waals surface area (Å²) in [5.41, 5.74) is 0.950. The maximum absolute atomic E-state index is 11.2. The molecule has 0 aromatic heterocycles. The molecule has 2 saturated heterocycles. The van der Waals surface area contributed by atoms with Crippen LogP contribution in [0.25, 0.3) is 0 Å². The van der Waals surface area contributed by atoms with Crippen LogP contribution >= 0.6 is 0 Å². The monoisotopic (exact) mass is 196 g/mol. The third-order valence-corrected chi connectivity index (χ3v) is 2.53. The molecule has 0 aromatic carbocycles. The van der Waals surface area contributed by atoms with Crippen molar-refractivity contribution in [2.24, 2.45) is 0 Å². The number of amides is 2. The lowest BCUT2D eigenvalue weighted by Crippen LogP contribution is -2.27. The first-order valence-electron chi connectivity index (χ1n) is 4.60. The number of ether oxygens (including phenoxy) is 1. The zero-order chi connectivity index (χ0) is 10.1. The van der Waals surface area contributed by atoms with E-state index in [1.807, 2.05) is 7.05 Å². The molecule has 0 spiro atoms. The summed E-state index contributed by atoms with van der Waals surface area (Å²) in [6.07, 6.45) is 0.940. The van der Waals surface area contributed by atoms with Gasteiger partial charge in [-0.05, 0) is 25.5 Å². The number of rotatable bonds is 0. The average Bonchev–Trinajstić information content (AvgIpc) is 2.47. The van der Waals surface area contributed by atoms with Crippen LogP contribution in [0.1, 0.15) is 12.8 Å². The second-order valence-corrected chi connectivity index (χ2v) is 3.58. The van der Waals surface area contributed by atoms with Crippen LogP contribution in [0.3, 0.4) is 0 Å². The highest BCUT2D eigenvalue weighted by atomic mass is 16.6. The van der Waals surface area contributed by atoms with Crippen LogP contribution in [0.5, 0.6) is 0 Å². The van der Waals surface area contributed by atoms with Gasteiger partial charge in [-0.3, -0.25) is 10.1 Å². The van der Waals surface area contributed by atoms with Gasteiger partial charge in [-0.2, -0.15) is 0 Å². The van der Waals surface area contributed by atoms with Gasteiger partial charge in [0.05, 0.1) is 0 Å². The standard InChI is InChI=1S/C9H12N2O3/c1-11-4-2-6(3-5-11)7-8(12)10-9(13)14-7/h2-5H2,1H3,(H,10,12,13). The molecule has 0 aromatic rings. The van der Waals surface area contributed by atoms with Crippen LogP contribution in [0.4, 0.5) is 4.79 Å². The number of cyclic esters (lactones) is 1. The topological polar surface area (TPSA) is 58.6 Å². The van der Waals surface area contributed by atoms with Crippen molar-refractivity contribution in [3.8, 4) is 0 Å². The molecule has 5 nitrogen and oxygen atoms in total. The Hall–Kier alpha value is -1.36. The normalized spacial score (nSPS) is 23.8. The molecule has 5 heteroatoms. The Kier molecular flexibility index (Phi) is 2.25. The van der Waals surface area contributed by atoms with Crippen molar-refractivity contribution in [3.05, 3.63) is 11.3 Å². The molecular weight excluding hydrogens is 184 g/mol. The third-order valence-electron chi connectivity index (χ3n) is 2.53. The number of carbonyl (C=O) groups is 2. The van der Waals surface area contributed by atoms with Gasteiger partial charge in [-0.1, -0.05) is 0 Å². The fourth-order valence-electron chi connectivity index (χ4n) is 1.66. The molecule has 0 aliphatic carbocycles. The van der Waals surface area contributed by atoms with E-state index in [4.69, 9.17) is 4.74 Å². The number of hydrogen-bond acceptors (Lipinski definition) is 4. The van der Waals surface area contributed by atoms with Crippen LogP contribution in [-0.2, 0) is 9.53 Å². The van der Waals surface area contributed by atoms with E-state index in [2.05, 4.69) is 10.2 Å². The molecule has 0 atom stereocenters. The lowest BCUT2D eigenvalue weighted by atomic mass is 10.0. The van der Waals surface area contributed by atoms with Crippen molar-refractivity contribution in [1.82, 2.24) is 10.2 Å². The third kappa shape index (κ3) is 1.63. The van der Waals surface area contributed by atoms with Crippen molar-refractivity contribution in [2.45, 2.75) is 12.8 Å². The second kappa shape index (κ2) is 3.42. The quantitative estimate of drug-likeness (QED) is 0.563. The van der Waals surface area contributed by atoms with Crippen LogP contribution in [0, 0.1) is 0 Å². The largest absolute Gasteiger partial charge is 0.419 e. The molecule has 1 N–H and O–H groups in total. The van der Waals surface area contributed by atoms with E-state index in [0.29, 0.717) is 0 Å². The average molecular weight is 196 g/mol. The molecule has 2 fully saturated rings. The summed E-state index contributed by atoms with van der Waals surface area (Å²) in [4.78, 5) is 24.2. The van der Waals surface area contributed by atoms with Gasteiger partial charge in [0.1, 0.15) is 0 Å². The van der Waals surface area contributed by atoms with E-state index in [-0.39, 0.29) is 5.76 Å². The molecule has 2 aliphatic heterocycles. The fourth-order valence-corrected chi connectivity index (χ4v) is 1.66. The summed E-state index contributed by atoms with van der Waals surface area (Å²) >= 11 is 0. The number of nitrogens with one attached hydrogen (secondary N) is 1. The highest BCUT2D eigenvalue weighted by Gasteiger charge is 2.30. The Morgan fingerprint density at radius 3 is 2.43 bits per heavy atom.